The first-order chi connectivity index (χ1) is 15.0. The number of anilines is 1. The predicted molar refractivity (Wildman–Crippen MR) is 120 cm³/mol. The van der Waals surface area contributed by atoms with Crippen molar-refractivity contribution in [2.24, 2.45) is 0 Å². The number of rotatable bonds is 5. The summed E-state index contributed by atoms with van der Waals surface area (Å²) in [6.45, 7) is 1.47. The molecule has 6 heteroatoms. The number of aromatic nitrogens is 2. The maximum atomic E-state index is 13.2. The summed E-state index contributed by atoms with van der Waals surface area (Å²) in [6.07, 6.45) is 0. The molecule has 4 aromatic rings. The van der Waals surface area contributed by atoms with Crippen molar-refractivity contribution in [3.05, 3.63) is 106 Å². The van der Waals surface area contributed by atoms with Crippen molar-refractivity contribution in [1.82, 2.24) is 10.2 Å². The number of carbonyl (C=O) groups excluding carboxylic acids is 2. The second-order valence-corrected chi connectivity index (χ2v) is 6.97. The molecule has 0 spiro atoms. The van der Waals surface area contributed by atoms with Crippen LogP contribution in [0, 0.1) is 0 Å². The van der Waals surface area contributed by atoms with E-state index >= 15 is 0 Å². The number of nitrogens with one attached hydrogen (secondary N) is 2. The van der Waals surface area contributed by atoms with Crippen molar-refractivity contribution in [3.63, 3.8) is 0 Å². The van der Waals surface area contributed by atoms with Gasteiger partial charge in [0.05, 0.1) is 5.69 Å². The smallest absolute Gasteiger partial charge is 0.277 e. The Morgan fingerprint density at radius 2 is 1.39 bits per heavy atom. The summed E-state index contributed by atoms with van der Waals surface area (Å²) in [4.78, 5) is 37.4. The number of nitrogens with zero attached hydrogens (tertiary/aromatic N) is 1. The quantitative estimate of drug-likeness (QED) is 0.473. The monoisotopic (exact) mass is 409 g/mol. The predicted octanol–water partition coefficient (Wildman–Crippen LogP) is 4.56. The van der Waals surface area contributed by atoms with E-state index in [0.717, 1.165) is 5.56 Å². The molecule has 6 nitrogen and oxygen atoms in total. The Balaban J connectivity index is 1.84. The number of ketones is 1. The van der Waals surface area contributed by atoms with Crippen LogP contribution in [0.4, 0.5) is 5.69 Å². The topological polar surface area (TPSA) is 91.9 Å². The Morgan fingerprint density at radius 3 is 1.97 bits per heavy atom. The van der Waals surface area contributed by atoms with Crippen LogP contribution in [0.5, 0.6) is 0 Å². The minimum absolute atomic E-state index is 0.0318. The maximum Gasteiger partial charge on any atom is 0.277 e. The van der Waals surface area contributed by atoms with Crippen LogP contribution in [0.2, 0.25) is 0 Å². The number of Topliss-reactive ketones (excluding diaryl/α,β-unsaturated/α-hetero) is 1. The van der Waals surface area contributed by atoms with Crippen LogP contribution in [0.15, 0.2) is 89.7 Å². The lowest BCUT2D eigenvalue weighted by Crippen LogP contribution is -2.26. The summed E-state index contributed by atoms with van der Waals surface area (Å²) < 4.78 is 0. The van der Waals surface area contributed by atoms with Crippen LogP contribution < -0.4 is 10.9 Å². The molecule has 2 N–H and O–H groups in total. The van der Waals surface area contributed by atoms with Crippen molar-refractivity contribution >= 4 is 17.4 Å². The zero-order chi connectivity index (χ0) is 21.8. The lowest BCUT2D eigenvalue weighted by atomic mass is 9.95. The molecule has 1 amide bonds. The van der Waals surface area contributed by atoms with Gasteiger partial charge in [0.2, 0.25) is 0 Å². The molecule has 152 valence electrons. The SMILES string of the molecule is CC(=O)c1ccc(NC(=O)c2c(-c3ccccc3)c(-c3ccccc3)n[nH]c2=O)cc1. The van der Waals surface area contributed by atoms with Gasteiger partial charge < -0.3 is 5.32 Å². The first kappa shape index (κ1) is 20.0. The Kier molecular flexibility index (Phi) is 5.53. The van der Waals surface area contributed by atoms with E-state index in [2.05, 4.69) is 15.5 Å². The molecule has 0 bridgehead atoms. The Labute approximate surface area is 178 Å². The second kappa shape index (κ2) is 8.59. The number of hydrogen-bond donors (Lipinski definition) is 2. The Morgan fingerprint density at radius 1 is 0.806 bits per heavy atom. The van der Waals surface area contributed by atoms with Gasteiger partial charge in [-0.25, -0.2) is 5.10 Å². The number of aromatic amines is 1. The number of benzene rings is 3. The third-order valence-corrected chi connectivity index (χ3v) is 4.87. The lowest BCUT2D eigenvalue weighted by molar-refractivity contribution is 0.101. The molecule has 0 fully saturated rings. The largest absolute Gasteiger partial charge is 0.322 e. The molecule has 1 aromatic heterocycles. The number of H-pyrrole nitrogens is 1. The average molecular weight is 409 g/mol. The zero-order valence-electron chi connectivity index (χ0n) is 16.8. The van der Waals surface area contributed by atoms with Crippen LogP contribution in [0.25, 0.3) is 22.4 Å². The van der Waals surface area contributed by atoms with E-state index < -0.39 is 11.5 Å². The van der Waals surface area contributed by atoms with Crippen molar-refractivity contribution in [1.29, 1.82) is 0 Å². The molecule has 0 aliphatic rings. The van der Waals surface area contributed by atoms with Gasteiger partial charge in [-0.3, -0.25) is 14.4 Å². The summed E-state index contributed by atoms with van der Waals surface area (Å²) in [6, 6.07) is 25.1. The van der Waals surface area contributed by atoms with E-state index in [0.29, 0.717) is 28.1 Å². The Hall–Kier alpha value is -4.32. The number of carbonyl (C=O) groups is 2. The maximum absolute atomic E-state index is 13.2. The zero-order valence-corrected chi connectivity index (χ0v) is 16.8. The fraction of sp³-hybridized carbons (Fsp3) is 0.0400. The first-order valence-electron chi connectivity index (χ1n) is 9.70. The standard InChI is InChI=1S/C25H19N3O3/c1-16(29)17-12-14-20(15-13-17)26-24(30)22-21(18-8-4-2-5-9-18)23(27-28-25(22)31)19-10-6-3-7-11-19/h2-15H,1H3,(H,26,30)(H,28,31). The lowest BCUT2D eigenvalue weighted by Gasteiger charge is -2.14. The molecule has 4 rings (SSSR count). The van der Waals surface area contributed by atoms with Crippen LogP contribution in [0.1, 0.15) is 27.6 Å². The third-order valence-electron chi connectivity index (χ3n) is 4.87. The molecule has 0 unspecified atom stereocenters. The van der Waals surface area contributed by atoms with Gasteiger partial charge in [0.1, 0.15) is 5.56 Å². The van der Waals surface area contributed by atoms with Gasteiger partial charge in [0, 0.05) is 22.4 Å². The van der Waals surface area contributed by atoms with Crippen LogP contribution in [-0.2, 0) is 0 Å². The fourth-order valence-electron chi connectivity index (χ4n) is 3.34. The molecule has 3 aromatic carbocycles. The van der Waals surface area contributed by atoms with Gasteiger partial charge in [-0.05, 0) is 36.8 Å². The first-order valence-corrected chi connectivity index (χ1v) is 9.70. The highest BCUT2D eigenvalue weighted by molar-refractivity contribution is 6.10. The van der Waals surface area contributed by atoms with Gasteiger partial charge in [-0.1, -0.05) is 60.7 Å². The molecular weight excluding hydrogens is 390 g/mol. The molecule has 0 atom stereocenters. The average Bonchev–Trinajstić information content (AvgIpc) is 2.80. The summed E-state index contributed by atoms with van der Waals surface area (Å²) in [7, 11) is 0. The normalized spacial score (nSPS) is 10.5. The summed E-state index contributed by atoms with van der Waals surface area (Å²) in [5.74, 6) is -0.627. The van der Waals surface area contributed by atoms with Gasteiger partial charge in [0.15, 0.2) is 5.78 Å². The molecule has 0 saturated heterocycles. The van der Waals surface area contributed by atoms with Crippen molar-refractivity contribution in [2.75, 3.05) is 5.32 Å². The third kappa shape index (κ3) is 4.18. The molecule has 0 saturated carbocycles. The fourth-order valence-corrected chi connectivity index (χ4v) is 3.34. The van der Waals surface area contributed by atoms with Crippen LogP contribution in [-0.4, -0.2) is 21.9 Å². The summed E-state index contributed by atoms with van der Waals surface area (Å²) in [5.41, 5.74) is 2.83. The van der Waals surface area contributed by atoms with E-state index in [1.54, 1.807) is 24.3 Å². The molecular formula is C25H19N3O3. The molecule has 0 aliphatic carbocycles. The van der Waals surface area contributed by atoms with Crippen molar-refractivity contribution in [3.8, 4) is 22.4 Å². The minimum atomic E-state index is -0.587. The van der Waals surface area contributed by atoms with E-state index in [-0.39, 0.29) is 11.3 Å². The highest BCUT2D eigenvalue weighted by Crippen LogP contribution is 2.31. The van der Waals surface area contributed by atoms with Gasteiger partial charge in [-0.15, -0.1) is 0 Å². The molecule has 0 aliphatic heterocycles. The highest BCUT2D eigenvalue weighted by Gasteiger charge is 2.23. The van der Waals surface area contributed by atoms with Crippen molar-refractivity contribution < 1.29 is 9.59 Å². The van der Waals surface area contributed by atoms with E-state index in [4.69, 9.17) is 0 Å². The van der Waals surface area contributed by atoms with Gasteiger partial charge in [0.25, 0.3) is 11.5 Å². The number of hydrogen-bond acceptors (Lipinski definition) is 4. The van der Waals surface area contributed by atoms with Crippen molar-refractivity contribution in [2.45, 2.75) is 6.92 Å². The molecule has 31 heavy (non-hydrogen) atoms. The van der Waals surface area contributed by atoms with E-state index in [1.165, 1.54) is 6.92 Å². The van der Waals surface area contributed by atoms with Gasteiger partial charge >= 0.3 is 0 Å². The van der Waals surface area contributed by atoms with Crippen LogP contribution >= 0.6 is 0 Å². The van der Waals surface area contributed by atoms with E-state index in [9.17, 15) is 14.4 Å². The number of amides is 1. The van der Waals surface area contributed by atoms with E-state index in [1.807, 2.05) is 60.7 Å². The Bertz CT molecular complexity index is 1300. The second-order valence-electron chi connectivity index (χ2n) is 6.97. The molecule has 1 heterocycles. The summed E-state index contributed by atoms with van der Waals surface area (Å²) in [5, 5.41) is 9.46. The highest BCUT2D eigenvalue weighted by atomic mass is 16.2. The minimum Gasteiger partial charge on any atom is -0.322 e. The van der Waals surface area contributed by atoms with Gasteiger partial charge in [-0.2, -0.15) is 5.10 Å². The summed E-state index contributed by atoms with van der Waals surface area (Å²) >= 11 is 0. The molecule has 0 radical (unpaired) electrons. The van der Waals surface area contributed by atoms with Crippen LogP contribution in [0.3, 0.4) is 0 Å².